The zero-order valence-electron chi connectivity index (χ0n) is 15.3. The van der Waals surface area contributed by atoms with Crippen molar-refractivity contribution in [3.63, 3.8) is 0 Å². The number of benzene rings is 2. The molecule has 1 heterocycles. The molecule has 28 heavy (non-hydrogen) atoms. The Balaban J connectivity index is 2.08. The number of carbonyl (C=O) groups excluding carboxylic acids is 1. The average molecular weight is 485 g/mol. The quantitative estimate of drug-likeness (QED) is 0.460. The van der Waals surface area contributed by atoms with Crippen LogP contribution >= 0.6 is 39.7 Å². The van der Waals surface area contributed by atoms with Gasteiger partial charge in [0.15, 0.2) is 0 Å². The van der Waals surface area contributed by atoms with Crippen LogP contribution in [0.2, 0.25) is 5.02 Å². The molecule has 0 spiro atoms. The number of hydrogen-bond donors (Lipinski definition) is 1. The Morgan fingerprint density at radius 1 is 1.32 bits per heavy atom. The highest BCUT2D eigenvalue weighted by Crippen LogP contribution is 2.42. The first-order valence-electron chi connectivity index (χ1n) is 8.68. The molecule has 0 amide bonds. The minimum Gasteiger partial charge on any atom is -0.495 e. The number of fused-ring (bicyclic) bond motifs is 1. The topological polar surface area (TPSA) is 56.8 Å². The number of hydrogen-bond acceptors (Lipinski definition) is 5. The number of rotatable bonds is 5. The lowest BCUT2D eigenvalue weighted by Gasteiger charge is -2.23. The summed E-state index contributed by atoms with van der Waals surface area (Å²) in [5.74, 6) is 0.167. The second-order valence-electron chi connectivity index (χ2n) is 6.10. The van der Waals surface area contributed by atoms with Crippen LogP contribution in [0.3, 0.4) is 0 Å². The summed E-state index contributed by atoms with van der Waals surface area (Å²) in [5.41, 5.74) is 2.36. The van der Waals surface area contributed by atoms with E-state index in [4.69, 9.17) is 38.0 Å². The molecule has 0 fully saturated rings. The van der Waals surface area contributed by atoms with Crippen molar-refractivity contribution in [3.05, 3.63) is 57.0 Å². The molecule has 0 unspecified atom stereocenters. The maximum absolute atomic E-state index is 12.1. The van der Waals surface area contributed by atoms with Crippen LogP contribution in [0.4, 0.5) is 5.69 Å². The summed E-state index contributed by atoms with van der Waals surface area (Å²) in [6, 6.07) is 11.3. The Hall–Kier alpha value is -1.67. The van der Waals surface area contributed by atoms with E-state index in [1.54, 1.807) is 20.1 Å². The molecule has 3 rings (SSSR count). The van der Waals surface area contributed by atoms with Gasteiger partial charge in [0.2, 0.25) is 0 Å². The minimum atomic E-state index is -0.660. The Labute approximate surface area is 182 Å². The number of halogens is 2. The molecule has 0 aromatic heterocycles. The molecule has 148 valence electrons. The maximum atomic E-state index is 12.1. The van der Waals surface area contributed by atoms with Gasteiger partial charge in [0.25, 0.3) is 0 Å². The zero-order valence-corrected chi connectivity index (χ0v) is 18.5. The molecule has 0 saturated heterocycles. The summed E-state index contributed by atoms with van der Waals surface area (Å²) < 4.78 is 17.6. The number of esters is 1. The molecule has 0 aliphatic carbocycles. The summed E-state index contributed by atoms with van der Waals surface area (Å²) in [4.78, 5) is 12.5. The molecule has 5 nitrogen and oxygen atoms in total. The largest absolute Gasteiger partial charge is 0.495 e. The van der Waals surface area contributed by atoms with Gasteiger partial charge in [0, 0.05) is 21.3 Å². The number of thiocarbonyl (C=S) groups is 1. The highest BCUT2D eigenvalue weighted by atomic mass is 79.9. The number of carbonyl (C=O) groups is 1. The summed E-state index contributed by atoms with van der Waals surface area (Å²) in [6.45, 7) is 2.05. The Morgan fingerprint density at radius 3 is 2.82 bits per heavy atom. The van der Waals surface area contributed by atoms with Crippen LogP contribution in [0.15, 0.2) is 40.9 Å². The van der Waals surface area contributed by atoms with E-state index in [9.17, 15) is 4.79 Å². The third-order valence-corrected chi connectivity index (χ3v) is 5.56. The lowest BCUT2D eigenvalue weighted by Crippen LogP contribution is -2.31. The van der Waals surface area contributed by atoms with E-state index in [0.29, 0.717) is 22.4 Å². The fourth-order valence-electron chi connectivity index (χ4n) is 3.02. The van der Waals surface area contributed by atoms with Gasteiger partial charge in [-0.3, -0.25) is 4.79 Å². The summed E-state index contributed by atoms with van der Waals surface area (Å²) in [5, 5.41) is 3.65. The van der Waals surface area contributed by atoms with Gasteiger partial charge in [-0.25, -0.2) is 0 Å². The van der Waals surface area contributed by atoms with Gasteiger partial charge in [-0.05, 0) is 31.2 Å². The molecule has 1 aliphatic rings. The highest BCUT2D eigenvalue weighted by molar-refractivity contribution is 9.10. The summed E-state index contributed by atoms with van der Waals surface area (Å²) in [6.07, 6.45) is -1.21. The van der Waals surface area contributed by atoms with Gasteiger partial charge in [0.1, 0.15) is 22.9 Å². The van der Waals surface area contributed by atoms with Gasteiger partial charge in [-0.15, -0.1) is 0 Å². The van der Waals surface area contributed by atoms with Crippen molar-refractivity contribution < 1.29 is 19.0 Å². The Kier molecular flexibility index (Phi) is 6.93. The lowest BCUT2D eigenvalue weighted by atomic mass is 9.99. The van der Waals surface area contributed by atoms with E-state index < -0.39 is 12.2 Å². The fraction of sp³-hybridized carbons (Fsp3) is 0.300. The van der Waals surface area contributed by atoms with E-state index in [0.717, 1.165) is 21.3 Å². The van der Waals surface area contributed by atoms with Gasteiger partial charge < -0.3 is 19.5 Å². The monoisotopic (exact) mass is 483 g/mol. The van der Waals surface area contributed by atoms with E-state index in [2.05, 4.69) is 21.2 Å². The van der Waals surface area contributed by atoms with Crippen LogP contribution in [-0.2, 0) is 14.3 Å². The number of ether oxygens (including phenoxy) is 3. The van der Waals surface area contributed by atoms with Crippen LogP contribution < -0.4 is 10.1 Å². The Bertz CT molecular complexity index is 908. The molecule has 2 aromatic carbocycles. The number of nitrogens with one attached hydrogen (secondary N) is 1. The first-order chi connectivity index (χ1) is 13.4. The van der Waals surface area contributed by atoms with Crippen molar-refractivity contribution in [1.82, 2.24) is 0 Å². The van der Waals surface area contributed by atoms with Gasteiger partial charge in [-0.2, -0.15) is 0 Å². The van der Waals surface area contributed by atoms with Crippen molar-refractivity contribution in [2.45, 2.75) is 25.6 Å². The smallest absolute Gasteiger partial charge is 0.308 e. The summed E-state index contributed by atoms with van der Waals surface area (Å²) in [7, 11) is 1.56. The second-order valence-corrected chi connectivity index (χ2v) is 7.83. The molecule has 2 aromatic rings. The van der Waals surface area contributed by atoms with Crippen molar-refractivity contribution in [3.8, 4) is 5.75 Å². The molecule has 1 N–H and O–H groups in total. The van der Waals surface area contributed by atoms with Crippen LogP contribution in [0.1, 0.15) is 30.6 Å². The molecule has 8 heteroatoms. The van der Waals surface area contributed by atoms with Crippen molar-refractivity contribution >= 4 is 56.4 Å². The molecule has 0 bridgehead atoms. The highest BCUT2D eigenvalue weighted by Gasteiger charge is 2.33. The molecule has 0 radical (unpaired) electrons. The van der Waals surface area contributed by atoms with Crippen LogP contribution in [0.25, 0.3) is 0 Å². The second kappa shape index (κ2) is 9.22. The molecule has 1 aliphatic heterocycles. The summed E-state index contributed by atoms with van der Waals surface area (Å²) >= 11 is 15.6. The SMILES string of the molecule is CCOC(=O)C[C@H]1O[C@H](c2cccc(OC)c2Cl)c2cc(Br)ccc2NC1=S. The molecule has 0 saturated carbocycles. The van der Waals surface area contributed by atoms with E-state index >= 15 is 0 Å². The third kappa shape index (κ3) is 4.49. The van der Waals surface area contributed by atoms with E-state index in [1.165, 1.54) is 0 Å². The van der Waals surface area contributed by atoms with Crippen LogP contribution in [0, 0.1) is 0 Å². The minimum absolute atomic E-state index is 0.00686. The number of anilines is 1. The third-order valence-electron chi connectivity index (χ3n) is 4.30. The normalized spacial score (nSPS) is 18.6. The van der Waals surface area contributed by atoms with E-state index in [-0.39, 0.29) is 12.4 Å². The standard InChI is InChI=1S/C20H19BrClNO4S/c1-3-26-17(24)10-16-20(28)23-14-8-7-11(21)9-13(14)19(27-16)12-5-4-6-15(25-2)18(12)22/h4-9,16,19H,3,10H2,1-2H3,(H,23,28)/t16-,19-/m1/s1. The molecule has 2 atom stereocenters. The predicted molar refractivity (Wildman–Crippen MR) is 116 cm³/mol. The Morgan fingerprint density at radius 2 is 2.11 bits per heavy atom. The van der Waals surface area contributed by atoms with Crippen molar-refractivity contribution in [1.29, 1.82) is 0 Å². The van der Waals surface area contributed by atoms with Gasteiger partial charge >= 0.3 is 5.97 Å². The fourth-order valence-corrected chi connectivity index (χ4v) is 3.95. The first-order valence-corrected chi connectivity index (χ1v) is 10.3. The van der Waals surface area contributed by atoms with Crippen LogP contribution in [0.5, 0.6) is 5.75 Å². The maximum Gasteiger partial charge on any atom is 0.308 e. The first kappa shape index (κ1) is 21.0. The molecular weight excluding hydrogens is 466 g/mol. The zero-order chi connectivity index (χ0) is 20.3. The van der Waals surface area contributed by atoms with Gasteiger partial charge in [-0.1, -0.05) is 51.9 Å². The molecular formula is C20H19BrClNO4S. The average Bonchev–Trinajstić information content (AvgIpc) is 2.79. The van der Waals surface area contributed by atoms with Crippen molar-refractivity contribution in [2.75, 3.05) is 19.0 Å². The lowest BCUT2D eigenvalue weighted by molar-refractivity contribution is -0.145. The number of methoxy groups -OCH3 is 1. The van der Waals surface area contributed by atoms with Crippen molar-refractivity contribution in [2.24, 2.45) is 0 Å². The van der Waals surface area contributed by atoms with Crippen LogP contribution in [-0.4, -0.2) is 30.8 Å². The predicted octanol–water partition coefficient (Wildman–Crippen LogP) is 5.29. The van der Waals surface area contributed by atoms with Gasteiger partial charge in [0.05, 0.1) is 25.2 Å². The van der Waals surface area contributed by atoms with E-state index in [1.807, 2.05) is 30.3 Å².